The third-order valence-electron chi connectivity index (χ3n) is 3.75. The number of nitrogens with zero attached hydrogens (tertiary/aromatic N) is 3. The summed E-state index contributed by atoms with van der Waals surface area (Å²) in [4.78, 5) is 8.69. The van der Waals surface area contributed by atoms with Crippen molar-refractivity contribution < 1.29 is 0 Å². The first-order valence-corrected chi connectivity index (χ1v) is 6.85. The number of hydrogen-bond acceptors (Lipinski definition) is 3. The zero-order valence-electron chi connectivity index (χ0n) is 11.6. The van der Waals surface area contributed by atoms with Crippen molar-refractivity contribution in [1.29, 1.82) is 0 Å². The Morgan fingerprint density at radius 3 is 2.90 bits per heavy atom. The number of nitrogens with one attached hydrogen (secondary N) is 1. The van der Waals surface area contributed by atoms with E-state index in [4.69, 9.17) is 0 Å². The standard InChI is InChI=1S/C17H14N4/c1-18-13-5-6-17-20-10-16(21(17)11-13)15-4-2-3-12-9-19-8-7-14(12)15/h2-11,18H,1H3. The molecule has 0 amide bonds. The number of fused-ring (bicyclic) bond motifs is 2. The van der Waals surface area contributed by atoms with E-state index in [0.29, 0.717) is 0 Å². The van der Waals surface area contributed by atoms with Crippen molar-refractivity contribution in [2.75, 3.05) is 12.4 Å². The highest BCUT2D eigenvalue weighted by Crippen LogP contribution is 2.29. The van der Waals surface area contributed by atoms with Gasteiger partial charge in [0.05, 0.1) is 17.6 Å². The topological polar surface area (TPSA) is 42.2 Å². The van der Waals surface area contributed by atoms with Gasteiger partial charge in [-0.2, -0.15) is 0 Å². The summed E-state index contributed by atoms with van der Waals surface area (Å²) in [5, 5.41) is 5.48. The highest BCUT2D eigenvalue weighted by atomic mass is 15.0. The number of anilines is 1. The Morgan fingerprint density at radius 2 is 2.00 bits per heavy atom. The van der Waals surface area contributed by atoms with Crippen LogP contribution in [0, 0.1) is 0 Å². The zero-order valence-corrected chi connectivity index (χ0v) is 11.6. The minimum Gasteiger partial charge on any atom is -0.387 e. The van der Waals surface area contributed by atoms with Crippen LogP contribution in [0.4, 0.5) is 5.69 Å². The number of pyridine rings is 2. The highest BCUT2D eigenvalue weighted by Gasteiger charge is 2.09. The van der Waals surface area contributed by atoms with Crippen molar-refractivity contribution in [2.45, 2.75) is 0 Å². The SMILES string of the molecule is CNc1ccc2ncc(-c3cccc4cnccc34)n2c1. The molecule has 0 fully saturated rings. The van der Waals surface area contributed by atoms with Crippen LogP contribution >= 0.6 is 0 Å². The summed E-state index contributed by atoms with van der Waals surface area (Å²) >= 11 is 0. The van der Waals surface area contributed by atoms with Gasteiger partial charge in [-0.3, -0.25) is 9.38 Å². The van der Waals surface area contributed by atoms with Gasteiger partial charge in [0.1, 0.15) is 5.65 Å². The second-order valence-electron chi connectivity index (χ2n) is 4.94. The van der Waals surface area contributed by atoms with E-state index in [0.717, 1.165) is 28.0 Å². The average Bonchev–Trinajstić information content (AvgIpc) is 2.97. The molecule has 1 aromatic carbocycles. The lowest BCUT2D eigenvalue weighted by atomic mass is 10.0. The molecule has 0 saturated carbocycles. The van der Waals surface area contributed by atoms with Gasteiger partial charge in [0, 0.05) is 36.6 Å². The first-order chi connectivity index (χ1) is 10.4. The number of imidazole rings is 1. The molecule has 3 aromatic heterocycles. The van der Waals surface area contributed by atoms with Gasteiger partial charge in [-0.25, -0.2) is 4.98 Å². The molecular formula is C17H14N4. The van der Waals surface area contributed by atoms with E-state index < -0.39 is 0 Å². The molecule has 3 heterocycles. The fourth-order valence-electron chi connectivity index (χ4n) is 2.67. The van der Waals surface area contributed by atoms with Gasteiger partial charge in [0.15, 0.2) is 0 Å². The monoisotopic (exact) mass is 274 g/mol. The normalized spacial score (nSPS) is 11.1. The van der Waals surface area contributed by atoms with Gasteiger partial charge in [0.25, 0.3) is 0 Å². The van der Waals surface area contributed by atoms with Crippen molar-refractivity contribution in [3.63, 3.8) is 0 Å². The molecule has 0 spiro atoms. The summed E-state index contributed by atoms with van der Waals surface area (Å²) in [5.74, 6) is 0. The summed E-state index contributed by atoms with van der Waals surface area (Å²) < 4.78 is 2.11. The van der Waals surface area contributed by atoms with E-state index in [1.165, 1.54) is 5.39 Å². The summed E-state index contributed by atoms with van der Waals surface area (Å²) in [6.45, 7) is 0. The van der Waals surface area contributed by atoms with Crippen molar-refractivity contribution in [3.8, 4) is 11.3 Å². The Hall–Kier alpha value is -2.88. The molecule has 21 heavy (non-hydrogen) atoms. The molecule has 0 radical (unpaired) electrons. The molecule has 0 unspecified atom stereocenters. The molecule has 4 nitrogen and oxygen atoms in total. The van der Waals surface area contributed by atoms with E-state index in [9.17, 15) is 0 Å². The van der Waals surface area contributed by atoms with Gasteiger partial charge < -0.3 is 5.32 Å². The molecule has 4 aromatic rings. The van der Waals surface area contributed by atoms with Crippen LogP contribution < -0.4 is 5.32 Å². The molecule has 0 aliphatic heterocycles. The molecule has 0 saturated heterocycles. The van der Waals surface area contributed by atoms with Gasteiger partial charge >= 0.3 is 0 Å². The first kappa shape index (κ1) is 11.9. The number of rotatable bonds is 2. The van der Waals surface area contributed by atoms with Crippen LogP contribution in [0.3, 0.4) is 0 Å². The molecular weight excluding hydrogens is 260 g/mol. The van der Waals surface area contributed by atoms with Crippen LogP contribution in [0.15, 0.2) is 61.2 Å². The zero-order chi connectivity index (χ0) is 14.2. The molecule has 4 heteroatoms. The lowest BCUT2D eigenvalue weighted by molar-refractivity contribution is 1.19. The first-order valence-electron chi connectivity index (χ1n) is 6.85. The number of aromatic nitrogens is 3. The minimum atomic E-state index is 0.940. The fourth-order valence-corrected chi connectivity index (χ4v) is 2.67. The maximum Gasteiger partial charge on any atom is 0.137 e. The maximum atomic E-state index is 4.50. The third kappa shape index (κ3) is 1.84. The molecule has 0 aliphatic carbocycles. The largest absolute Gasteiger partial charge is 0.387 e. The Labute approximate surface area is 122 Å². The van der Waals surface area contributed by atoms with E-state index >= 15 is 0 Å². The summed E-state index contributed by atoms with van der Waals surface area (Å²) in [5.41, 5.74) is 4.24. The Bertz CT molecular complexity index is 934. The lowest BCUT2D eigenvalue weighted by Crippen LogP contribution is -1.94. The Morgan fingerprint density at radius 1 is 1.05 bits per heavy atom. The quantitative estimate of drug-likeness (QED) is 0.607. The van der Waals surface area contributed by atoms with Gasteiger partial charge in [-0.15, -0.1) is 0 Å². The second-order valence-corrected chi connectivity index (χ2v) is 4.94. The lowest BCUT2D eigenvalue weighted by Gasteiger charge is -2.07. The van der Waals surface area contributed by atoms with Crippen LogP contribution in [0.1, 0.15) is 0 Å². The fraction of sp³-hybridized carbons (Fsp3) is 0.0588. The second kappa shape index (κ2) is 4.59. The van der Waals surface area contributed by atoms with Crippen LogP contribution in [0.2, 0.25) is 0 Å². The average molecular weight is 274 g/mol. The van der Waals surface area contributed by atoms with Crippen LogP contribution in [0.5, 0.6) is 0 Å². The molecule has 0 bridgehead atoms. The predicted molar refractivity (Wildman–Crippen MR) is 85.5 cm³/mol. The highest BCUT2D eigenvalue weighted by molar-refractivity contribution is 5.95. The van der Waals surface area contributed by atoms with Gasteiger partial charge in [-0.05, 0) is 23.6 Å². The smallest absolute Gasteiger partial charge is 0.137 e. The van der Waals surface area contributed by atoms with E-state index in [-0.39, 0.29) is 0 Å². The summed E-state index contributed by atoms with van der Waals surface area (Å²) in [6.07, 6.45) is 7.71. The third-order valence-corrected chi connectivity index (χ3v) is 3.75. The molecule has 4 rings (SSSR count). The van der Waals surface area contributed by atoms with E-state index in [2.05, 4.69) is 44.1 Å². The van der Waals surface area contributed by atoms with Crippen LogP contribution in [-0.4, -0.2) is 21.4 Å². The Balaban J connectivity index is 2.04. The van der Waals surface area contributed by atoms with Crippen LogP contribution in [0.25, 0.3) is 27.7 Å². The van der Waals surface area contributed by atoms with Crippen molar-refractivity contribution in [1.82, 2.24) is 14.4 Å². The summed E-state index contributed by atoms with van der Waals surface area (Å²) in [6, 6.07) is 12.3. The molecule has 102 valence electrons. The molecule has 0 atom stereocenters. The van der Waals surface area contributed by atoms with Crippen molar-refractivity contribution in [2.24, 2.45) is 0 Å². The van der Waals surface area contributed by atoms with Gasteiger partial charge in [0.2, 0.25) is 0 Å². The number of hydrogen-bond donors (Lipinski definition) is 1. The predicted octanol–water partition coefficient (Wildman–Crippen LogP) is 3.59. The van der Waals surface area contributed by atoms with E-state index in [1.807, 2.05) is 43.8 Å². The number of benzene rings is 1. The molecule has 0 aliphatic rings. The van der Waals surface area contributed by atoms with Gasteiger partial charge in [-0.1, -0.05) is 18.2 Å². The van der Waals surface area contributed by atoms with E-state index in [1.54, 1.807) is 0 Å². The van der Waals surface area contributed by atoms with Crippen LogP contribution in [-0.2, 0) is 0 Å². The maximum absolute atomic E-state index is 4.50. The Kier molecular flexibility index (Phi) is 2.60. The summed E-state index contributed by atoms with van der Waals surface area (Å²) in [7, 11) is 1.92. The minimum absolute atomic E-state index is 0.940. The molecule has 1 N–H and O–H groups in total. The van der Waals surface area contributed by atoms with Crippen molar-refractivity contribution >= 4 is 22.1 Å². The van der Waals surface area contributed by atoms with Crippen molar-refractivity contribution in [3.05, 3.63) is 61.2 Å².